The Morgan fingerprint density at radius 1 is 1.18 bits per heavy atom. The van der Waals surface area contributed by atoms with Crippen molar-refractivity contribution in [1.29, 1.82) is 0 Å². The Bertz CT molecular complexity index is 1420. The average molecular weight is 563 g/mol. The second-order valence-electron chi connectivity index (χ2n) is 10.8. The van der Waals surface area contributed by atoms with Gasteiger partial charge in [0.25, 0.3) is 0 Å². The first-order valence-electron chi connectivity index (χ1n) is 13.4. The molecule has 2 aromatic heterocycles. The van der Waals surface area contributed by atoms with Crippen LogP contribution in [0.25, 0.3) is 16.9 Å². The van der Waals surface area contributed by atoms with E-state index in [4.69, 9.17) is 4.74 Å². The number of hydrogen-bond acceptors (Lipinski definition) is 4. The van der Waals surface area contributed by atoms with Crippen molar-refractivity contribution in [3.05, 3.63) is 70.7 Å². The molecule has 1 saturated heterocycles. The number of allylic oxidation sites excluding steroid dienone is 2. The van der Waals surface area contributed by atoms with E-state index >= 15 is 8.78 Å². The van der Waals surface area contributed by atoms with Crippen LogP contribution in [-0.4, -0.2) is 59.0 Å². The van der Waals surface area contributed by atoms with Gasteiger partial charge in [-0.1, -0.05) is 26.8 Å². The molecule has 216 valence electrons. The van der Waals surface area contributed by atoms with Gasteiger partial charge in [0.1, 0.15) is 23.0 Å². The molecule has 0 amide bonds. The monoisotopic (exact) mass is 562 g/mol. The Kier molecular flexibility index (Phi) is 8.80. The van der Waals surface area contributed by atoms with E-state index in [2.05, 4.69) is 14.9 Å². The third-order valence-corrected chi connectivity index (χ3v) is 7.45. The summed E-state index contributed by atoms with van der Waals surface area (Å²) in [6, 6.07) is 5.84. The molecule has 5 nitrogen and oxygen atoms in total. The predicted molar refractivity (Wildman–Crippen MR) is 147 cm³/mol. The highest BCUT2D eigenvalue weighted by Gasteiger charge is 2.35. The summed E-state index contributed by atoms with van der Waals surface area (Å²) in [5, 5.41) is 0. The molecule has 2 unspecified atom stereocenters. The number of rotatable bonds is 7. The van der Waals surface area contributed by atoms with E-state index in [0.717, 1.165) is 30.3 Å². The van der Waals surface area contributed by atoms with Crippen LogP contribution in [0.5, 0.6) is 0 Å². The Morgan fingerprint density at radius 2 is 1.85 bits per heavy atom. The zero-order valence-corrected chi connectivity index (χ0v) is 23.6. The molecular formula is C30H35F5N4O. The molecule has 10 heteroatoms. The summed E-state index contributed by atoms with van der Waals surface area (Å²) in [4.78, 5) is 10.6. The van der Waals surface area contributed by atoms with Gasteiger partial charge in [0.05, 0.1) is 35.4 Å². The predicted octanol–water partition coefficient (Wildman–Crippen LogP) is 7.01. The van der Waals surface area contributed by atoms with Crippen LogP contribution in [0.3, 0.4) is 0 Å². The van der Waals surface area contributed by atoms with Crippen LogP contribution >= 0.6 is 0 Å². The molecular weight excluding hydrogens is 527 g/mol. The Hall–Kier alpha value is -3.11. The van der Waals surface area contributed by atoms with Crippen LogP contribution in [0.1, 0.15) is 44.5 Å². The molecule has 0 radical (unpaired) electrons. The van der Waals surface area contributed by atoms with Crippen molar-refractivity contribution in [2.24, 2.45) is 16.8 Å². The van der Waals surface area contributed by atoms with Crippen molar-refractivity contribution in [1.82, 2.24) is 14.3 Å². The zero-order chi connectivity index (χ0) is 29.4. The number of nitrogens with zero attached hydrogens (tertiary/aromatic N) is 4. The van der Waals surface area contributed by atoms with Gasteiger partial charge in [-0.15, -0.1) is 0 Å². The van der Waals surface area contributed by atoms with Crippen LogP contribution in [-0.2, 0) is 11.2 Å². The molecule has 3 aromatic rings. The van der Waals surface area contributed by atoms with Gasteiger partial charge in [-0.2, -0.15) is 13.2 Å². The van der Waals surface area contributed by atoms with E-state index in [9.17, 15) is 13.2 Å². The maximum absolute atomic E-state index is 15.9. The lowest BCUT2D eigenvalue weighted by molar-refractivity contribution is -0.0924. The molecule has 40 heavy (non-hydrogen) atoms. The number of fused-ring (bicyclic) bond motifs is 1. The minimum absolute atomic E-state index is 0.0331. The van der Waals surface area contributed by atoms with E-state index in [-0.39, 0.29) is 34.6 Å². The molecule has 1 aliphatic rings. The molecule has 0 bridgehead atoms. The minimum atomic E-state index is -4.70. The van der Waals surface area contributed by atoms with Gasteiger partial charge >= 0.3 is 6.18 Å². The number of aryl methyl sites for hydroxylation is 1. The largest absolute Gasteiger partial charge is 0.433 e. The molecule has 0 spiro atoms. The van der Waals surface area contributed by atoms with Crippen molar-refractivity contribution >= 4 is 11.4 Å². The number of imidazole rings is 1. The van der Waals surface area contributed by atoms with Gasteiger partial charge in [0.2, 0.25) is 0 Å². The molecule has 4 rings (SSSR count). The van der Waals surface area contributed by atoms with E-state index in [1.54, 1.807) is 6.92 Å². The Balaban J connectivity index is 1.86. The molecule has 1 aromatic carbocycles. The second kappa shape index (κ2) is 11.8. The Morgan fingerprint density at radius 3 is 2.42 bits per heavy atom. The maximum atomic E-state index is 15.9. The summed E-state index contributed by atoms with van der Waals surface area (Å²) in [5.41, 5.74) is 0.695. The summed E-state index contributed by atoms with van der Waals surface area (Å²) in [5.74, 6) is -2.47. The third-order valence-electron chi connectivity index (χ3n) is 7.45. The van der Waals surface area contributed by atoms with Crippen molar-refractivity contribution in [2.45, 2.75) is 53.3 Å². The van der Waals surface area contributed by atoms with E-state index in [1.165, 1.54) is 6.92 Å². The number of benzene rings is 1. The number of pyridine rings is 1. The number of likely N-dealkylation sites (N-methyl/N-ethyl adjacent to an activating group) is 1. The summed E-state index contributed by atoms with van der Waals surface area (Å²) < 4.78 is 80.2. The molecule has 0 aliphatic carbocycles. The maximum Gasteiger partial charge on any atom is 0.433 e. The summed E-state index contributed by atoms with van der Waals surface area (Å²) >= 11 is 0. The number of aliphatic imine (C=N–C) groups is 1. The fraction of sp³-hybridized carbons (Fsp3) is 0.467. The first-order chi connectivity index (χ1) is 18.8. The van der Waals surface area contributed by atoms with Crippen LogP contribution in [0.4, 0.5) is 22.0 Å². The standard InChI is InChI=1S/C30H35F5N4O/c1-7-25(30(33,34)35)36-28(19(5)17(2)3)20-13-22(31)27(23(32)14-20)29-24(15-21-16-38(6)10-11-40-21)39-9-8-18(4)12-26(39)37-29/h7-9,12-14,17,19,21H,10-11,15-16H2,1-6H3/b25-7-,36-28+. The number of alkyl halides is 3. The normalized spacial score (nSPS) is 18.6. The van der Waals surface area contributed by atoms with Gasteiger partial charge in [0.15, 0.2) is 0 Å². The van der Waals surface area contributed by atoms with E-state index < -0.39 is 29.4 Å². The van der Waals surface area contributed by atoms with Gasteiger partial charge in [-0.05, 0) is 56.6 Å². The number of aromatic nitrogens is 2. The van der Waals surface area contributed by atoms with Gasteiger partial charge in [-0.3, -0.25) is 0 Å². The van der Waals surface area contributed by atoms with Gasteiger partial charge in [-0.25, -0.2) is 18.8 Å². The van der Waals surface area contributed by atoms with Gasteiger partial charge < -0.3 is 14.0 Å². The summed E-state index contributed by atoms with van der Waals surface area (Å²) in [6.07, 6.45) is -1.86. The van der Waals surface area contributed by atoms with Crippen molar-refractivity contribution in [3.8, 4) is 11.3 Å². The summed E-state index contributed by atoms with van der Waals surface area (Å²) in [6.45, 7) is 10.5. The molecule has 0 saturated carbocycles. The fourth-order valence-electron chi connectivity index (χ4n) is 4.91. The lowest BCUT2D eigenvalue weighted by Crippen LogP contribution is -2.41. The quantitative estimate of drug-likeness (QED) is 0.230. The van der Waals surface area contributed by atoms with Crippen LogP contribution in [0.15, 0.2) is 47.2 Å². The molecule has 0 N–H and O–H groups in total. The SMILES string of the molecule is C/C=C(\N=C(\c1cc(F)c(-c2nc3cc(C)ccn3c2CC2CN(C)CCO2)c(F)c1)C(C)C(C)C)C(F)(F)F. The highest BCUT2D eigenvalue weighted by Crippen LogP contribution is 2.34. The lowest BCUT2D eigenvalue weighted by atomic mass is 9.88. The lowest BCUT2D eigenvalue weighted by Gasteiger charge is -2.30. The highest BCUT2D eigenvalue weighted by molar-refractivity contribution is 6.03. The molecule has 1 aliphatic heterocycles. The van der Waals surface area contributed by atoms with E-state index in [1.807, 2.05) is 50.5 Å². The Labute approximate surface area is 231 Å². The molecule has 1 fully saturated rings. The van der Waals surface area contributed by atoms with Gasteiger partial charge in [0, 0.05) is 37.2 Å². The van der Waals surface area contributed by atoms with Crippen molar-refractivity contribution in [2.75, 3.05) is 26.7 Å². The number of hydrogen-bond donors (Lipinski definition) is 0. The topological polar surface area (TPSA) is 42.1 Å². The van der Waals surface area contributed by atoms with E-state index in [0.29, 0.717) is 30.9 Å². The minimum Gasteiger partial charge on any atom is -0.375 e. The number of halogens is 5. The number of ether oxygens (including phenoxy) is 1. The molecule has 3 heterocycles. The first-order valence-corrected chi connectivity index (χ1v) is 13.4. The zero-order valence-electron chi connectivity index (χ0n) is 23.6. The van der Waals surface area contributed by atoms with Crippen LogP contribution in [0.2, 0.25) is 0 Å². The summed E-state index contributed by atoms with van der Waals surface area (Å²) in [7, 11) is 1.99. The van der Waals surface area contributed by atoms with Crippen molar-refractivity contribution < 1.29 is 26.7 Å². The number of morpholine rings is 1. The van der Waals surface area contributed by atoms with Crippen LogP contribution in [0, 0.1) is 30.4 Å². The molecule has 2 atom stereocenters. The smallest absolute Gasteiger partial charge is 0.375 e. The highest BCUT2D eigenvalue weighted by atomic mass is 19.4. The fourth-order valence-corrected chi connectivity index (χ4v) is 4.91. The first kappa shape index (κ1) is 29.9. The third kappa shape index (κ3) is 6.28. The van der Waals surface area contributed by atoms with Crippen molar-refractivity contribution in [3.63, 3.8) is 0 Å². The van der Waals surface area contributed by atoms with Crippen LogP contribution < -0.4 is 0 Å². The average Bonchev–Trinajstić information content (AvgIpc) is 3.19. The second-order valence-corrected chi connectivity index (χ2v) is 10.8.